The van der Waals surface area contributed by atoms with Crippen LogP contribution in [0.25, 0.3) is 0 Å². The van der Waals surface area contributed by atoms with Crippen molar-refractivity contribution < 1.29 is 9.59 Å². The molecule has 4 heteroatoms. The van der Waals surface area contributed by atoms with Gasteiger partial charge in [-0.3, -0.25) is 9.59 Å². The van der Waals surface area contributed by atoms with Gasteiger partial charge in [-0.2, -0.15) is 0 Å². The highest BCUT2D eigenvalue weighted by Gasteiger charge is 2.43. The molecule has 2 amide bonds. The number of fused-ring (bicyclic) bond motifs is 1. The van der Waals surface area contributed by atoms with Gasteiger partial charge in [0.2, 0.25) is 11.8 Å². The predicted molar refractivity (Wildman–Crippen MR) is 98.3 cm³/mol. The Bertz CT molecular complexity index is 660. The molecule has 132 valence electrons. The molecule has 2 rings (SSSR count). The molecule has 1 aromatic carbocycles. The molecular weight excluding hydrogens is 300 g/mol. The first-order valence-corrected chi connectivity index (χ1v) is 8.60. The van der Waals surface area contributed by atoms with Crippen LogP contribution in [0.1, 0.15) is 52.2 Å². The quantitative estimate of drug-likeness (QED) is 0.851. The number of rotatable bonds is 3. The molecule has 0 bridgehead atoms. The van der Waals surface area contributed by atoms with Crippen LogP contribution in [0.4, 0.5) is 5.69 Å². The van der Waals surface area contributed by atoms with Gasteiger partial charge in [-0.25, -0.2) is 0 Å². The lowest BCUT2D eigenvalue weighted by atomic mass is 9.80. The van der Waals surface area contributed by atoms with Crippen molar-refractivity contribution in [1.29, 1.82) is 0 Å². The van der Waals surface area contributed by atoms with Crippen molar-refractivity contribution >= 4 is 17.5 Å². The van der Waals surface area contributed by atoms with Crippen molar-refractivity contribution in [2.24, 2.45) is 5.41 Å². The minimum atomic E-state index is -0.413. The third-order valence-corrected chi connectivity index (χ3v) is 5.02. The van der Waals surface area contributed by atoms with Crippen LogP contribution < -0.4 is 4.90 Å². The van der Waals surface area contributed by atoms with Crippen LogP contribution in [0.2, 0.25) is 0 Å². The van der Waals surface area contributed by atoms with Crippen LogP contribution in [-0.2, 0) is 15.0 Å². The Morgan fingerprint density at radius 2 is 1.92 bits per heavy atom. The fourth-order valence-corrected chi connectivity index (χ4v) is 3.26. The standard InChI is InChI=1S/C20H30N2O2/c1-14-8-9-17-16(12-14)20(6,10-11-21(7)15(2)23)13-22(17)18(24)19(3,4)5/h8-9,12H,10-11,13H2,1-7H3. The van der Waals surface area contributed by atoms with Crippen LogP contribution >= 0.6 is 0 Å². The SMILES string of the molecule is CC(=O)N(C)CCC1(C)CN(C(=O)C(C)(C)C)c2ccc(C)cc21. The molecule has 1 aliphatic rings. The number of anilines is 1. The summed E-state index contributed by atoms with van der Waals surface area (Å²) in [4.78, 5) is 28.1. The number of carbonyl (C=O) groups excluding carboxylic acids is 2. The molecule has 0 radical (unpaired) electrons. The maximum atomic E-state index is 12.9. The Kier molecular flexibility index (Phi) is 4.80. The number of aryl methyl sites for hydroxylation is 1. The molecule has 0 fully saturated rings. The molecule has 24 heavy (non-hydrogen) atoms. The molecule has 1 heterocycles. The van der Waals surface area contributed by atoms with Crippen molar-refractivity contribution in [2.45, 2.75) is 53.4 Å². The first kappa shape index (κ1) is 18.5. The number of hydrogen-bond acceptors (Lipinski definition) is 2. The van der Waals surface area contributed by atoms with E-state index in [1.165, 1.54) is 11.1 Å². The Hall–Kier alpha value is -1.84. The summed E-state index contributed by atoms with van der Waals surface area (Å²) < 4.78 is 0. The Morgan fingerprint density at radius 3 is 2.46 bits per heavy atom. The maximum Gasteiger partial charge on any atom is 0.232 e. The smallest absolute Gasteiger partial charge is 0.232 e. The van der Waals surface area contributed by atoms with Crippen LogP contribution in [0.5, 0.6) is 0 Å². The van der Waals surface area contributed by atoms with Gasteiger partial charge in [-0.15, -0.1) is 0 Å². The van der Waals surface area contributed by atoms with Gasteiger partial charge in [-0.05, 0) is 25.0 Å². The van der Waals surface area contributed by atoms with E-state index in [1.54, 1.807) is 11.8 Å². The zero-order valence-corrected chi connectivity index (χ0v) is 16.1. The van der Waals surface area contributed by atoms with Crippen molar-refractivity contribution in [1.82, 2.24) is 4.90 Å². The van der Waals surface area contributed by atoms with E-state index in [2.05, 4.69) is 32.0 Å². The van der Waals surface area contributed by atoms with Gasteiger partial charge in [0, 0.05) is 43.6 Å². The topological polar surface area (TPSA) is 40.6 Å². The van der Waals surface area contributed by atoms with Crippen molar-refractivity contribution in [3.05, 3.63) is 29.3 Å². The van der Waals surface area contributed by atoms with E-state index in [9.17, 15) is 9.59 Å². The van der Waals surface area contributed by atoms with E-state index >= 15 is 0 Å². The van der Waals surface area contributed by atoms with Crippen LogP contribution in [0.3, 0.4) is 0 Å². The number of benzene rings is 1. The summed E-state index contributed by atoms with van der Waals surface area (Å²) in [7, 11) is 1.83. The second kappa shape index (κ2) is 6.23. The number of carbonyl (C=O) groups is 2. The van der Waals surface area contributed by atoms with Crippen molar-refractivity contribution in [3.8, 4) is 0 Å². The normalized spacial score (nSPS) is 20.0. The summed E-state index contributed by atoms with van der Waals surface area (Å²) in [5, 5.41) is 0. The first-order chi connectivity index (χ1) is 11.0. The van der Waals surface area contributed by atoms with Crippen molar-refractivity contribution in [2.75, 3.05) is 25.0 Å². The van der Waals surface area contributed by atoms with Gasteiger partial charge in [0.25, 0.3) is 0 Å². The second-order valence-corrected chi connectivity index (χ2v) is 8.41. The van der Waals surface area contributed by atoms with Gasteiger partial charge in [0.05, 0.1) is 0 Å². The highest BCUT2D eigenvalue weighted by molar-refractivity contribution is 5.99. The number of amides is 2. The van der Waals surface area contributed by atoms with Gasteiger partial charge in [-0.1, -0.05) is 45.4 Å². The second-order valence-electron chi connectivity index (χ2n) is 8.41. The van der Waals surface area contributed by atoms with Gasteiger partial charge < -0.3 is 9.80 Å². The third kappa shape index (κ3) is 3.47. The van der Waals surface area contributed by atoms with E-state index in [-0.39, 0.29) is 17.2 Å². The van der Waals surface area contributed by atoms with Crippen LogP contribution in [-0.4, -0.2) is 36.9 Å². The molecule has 0 saturated carbocycles. The average molecular weight is 330 g/mol. The molecule has 1 aromatic rings. The van der Waals surface area contributed by atoms with Crippen molar-refractivity contribution in [3.63, 3.8) is 0 Å². The molecule has 1 unspecified atom stereocenters. The van der Waals surface area contributed by atoms with Gasteiger partial charge >= 0.3 is 0 Å². The zero-order chi connectivity index (χ0) is 18.3. The summed E-state index contributed by atoms with van der Waals surface area (Å²) in [5.41, 5.74) is 2.89. The number of nitrogens with zero attached hydrogens (tertiary/aromatic N) is 2. The molecule has 1 aliphatic heterocycles. The lowest BCUT2D eigenvalue weighted by Gasteiger charge is -2.30. The molecule has 0 spiro atoms. The maximum absolute atomic E-state index is 12.9. The van der Waals surface area contributed by atoms with E-state index in [4.69, 9.17) is 0 Å². The minimum absolute atomic E-state index is 0.0729. The summed E-state index contributed by atoms with van der Waals surface area (Å²) in [6, 6.07) is 6.32. The summed E-state index contributed by atoms with van der Waals surface area (Å²) in [6.45, 7) is 13.1. The lowest BCUT2D eigenvalue weighted by molar-refractivity contribution is -0.128. The molecule has 4 nitrogen and oxygen atoms in total. The Balaban J connectivity index is 2.37. The van der Waals surface area contributed by atoms with E-state index in [0.717, 1.165) is 12.1 Å². The molecule has 0 N–H and O–H groups in total. The lowest BCUT2D eigenvalue weighted by Crippen LogP contribution is -2.42. The highest BCUT2D eigenvalue weighted by atomic mass is 16.2. The highest BCUT2D eigenvalue weighted by Crippen LogP contribution is 2.44. The average Bonchev–Trinajstić information content (AvgIpc) is 2.76. The molecule has 0 saturated heterocycles. The summed E-state index contributed by atoms with van der Waals surface area (Å²) >= 11 is 0. The fourth-order valence-electron chi connectivity index (χ4n) is 3.26. The van der Waals surface area contributed by atoms with E-state index in [1.807, 2.05) is 32.7 Å². The minimum Gasteiger partial charge on any atom is -0.346 e. The predicted octanol–water partition coefficient (Wildman–Crippen LogP) is 3.51. The fraction of sp³-hybridized carbons (Fsp3) is 0.600. The largest absolute Gasteiger partial charge is 0.346 e. The molecule has 0 aliphatic carbocycles. The zero-order valence-electron chi connectivity index (χ0n) is 16.1. The van der Waals surface area contributed by atoms with E-state index in [0.29, 0.717) is 13.1 Å². The molecule has 0 aromatic heterocycles. The number of hydrogen-bond donors (Lipinski definition) is 0. The summed E-state index contributed by atoms with van der Waals surface area (Å²) in [6.07, 6.45) is 0.841. The Morgan fingerprint density at radius 1 is 1.29 bits per heavy atom. The molecular formula is C20H30N2O2. The molecule has 1 atom stereocenters. The van der Waals surface area contributed by atoms with E-state index < -0.39 is 5.41 Å². The van der Waals surface area contributed by atoms with Crippen LogP contribution in [0.15, 0.2) is 18.2 Å². The monoisotopic (exact) mass is 330 g/mol. The van der Waals surface area contributed by atoms with Gasteiger partial charge in [0.15, 0.2) is 0 Å². The summed E-state index contributed by atoms with van der Waals surface area (Å²) in [5.74, 6) is 0.222. The first-order valence-electron chi connectivity index (χ1n) is 8.60. The van der Waals surface area contributed by atoms with Crippen LogP contribution in [0, 0.1) is 12.3 Å². The third-order valence-electron chi connectivity index (χ3n) is 5.02. The van der Waals surface area contributed by atoms with Gasteiger partial charge in [0.1, 0.15) is 0 Å². The Labute approximate surface area is 145 Å².